The van der Waals surface area contributed by atoms with Crippen LogP contribution in [-0.4, -0.2) is 36.0 Å². The van der Waals surface area contributed by atoms with Crippen molar-refractivity contribution >= 4 is 11.8 Å². The Morgan fingerprint density at radius 2 is 1.87 bits per heavy atom. The summed E-state index contributed by atoms with van der Waals surface area (Å²) in [7, 11) is 0.856. The number of rotatable bonds is 5. The number of hydrogen-bond donors (Lipinski definition) is 1. The van der Waals surface area contributed by atoms with Gasteiger partial charge >= 0.3 is 11.9 Å². The van der Waals surface area contributed by atoms with Gasteiger partial charge in [0, 0.05) is 6.42 Å². The molecule has 88 valence electrons. The van der Waals surface area contributed by atoms with E-state index in [-0.39, 0.29) is 5.92 Å². The molecule has 0 saturated heterocycles. The van der Waals surface area contributed by atoms with Crippen LogP contribution in [0.1, 0.15) is 20.3 Å². The number of methoxy groups -OCH3 is 1. The van der Waals surface area contributed by atoms with Crippen molar-refractivity contribution in [2.45, 2.75) is 32.3 Å². The smallest absolute Gasteiger partial charge is 0.341 e. The monoisotopic (exact) mass is 224 g/mol. The number of ether oxygens (including phenoxy) is 1. The van der Waals surface area contributed by atoms with Gasteiger partial charge < -0.3 is 9.84 Å². The van der Waals surface area contributed by atoms with E-state index in [4.69, 9.17) is 5.11 Å². The summed E-state index contributed by atoms with van der Waals surface area (Å²) in [6.45, 7) is 3.16. The Labute approximate surface area is 86.2 Å². The number of ketones is 1. The van der Waals surface area contributed by atoms with Crippen molar-refractivity contribution in [1.82, 2.24) is 0 Å². The molecule has 6 heteroatoms. The number of hydrogen-bond acceptors (Lipinski definition) is 4. The molecule has 0 aromatic carbocycles. The number of Topliss-reactive ketones (excluding diaryl/α,β-unsaturated/α-hetero) is 1. The highest BCUT2D eigenvalue weighted by atomic mass is 19.3. The lowest BCUT2D eigenvalue weighted by Gasteiger charge is -2.19. The first-order chi connectivity index (χ1) is 6.73. The van der Waals surface area contributed by atoms with Crippen LogP contribution >= 0.6 is 0 Å². The quantitative estimate of drug-likeness (QED) is 0.700. The first-order valence-electron chi connectivity index (χ1n) is 4.40. The number of esters is 1. The topological polar surface area (TPSA) is 63.6 Å². The lowest BCUT2D eigenvalue weighted by Crippen LogP contribution is -2.47. The Balaban J connectivity index is 4.65. The molecular formula is C9H14F2O4. The van der Waals surface area contributed by atoms with Crippen LogP contribution in [0.2, 0.25) is 0 Å². The highest BCUT2D eigenvalue weighted by Crippen LogP contribution is 2.24. The van der Waals surface area contributed by atoms with E-state index in [1.807, 2.05) is 0 Å². The van der Waals surface area contributed by atoms with Crippen LogP contribution in [0.3, 0.4) is 0 Å². The molecule has 0 spiro atoms. The van der Waals surface area contributed by atoms with Crippen molar-refractivity contribution < 1.29 is 28.2 Å². The highest BCUT2D eigenvalue weighted by molar-refractivity contribution is 5.92. The Morgan fingerprint density at radius 3 is 2.20 bits per heavy atom. The molecule has 0 saturated carbocycles. The van der Waals surface area contributed by atoms with Gasteiger partial charge in [0.05, 0.1) is 7.11 Å². The normalized spacial score (nSPS) is 13.8. The molecule has 0 rings (SSSR count). The van der Waals surface area contributed by atoms with E-state index in [2.05, 4.69) is 4.74 Å². The van der Waals surface area contributed by atoms with Crippen molar-refractivity contribution in [3.8, 4) is 0 Å². The van der Waals surface area contributed by atoms with Gasteiger partial charge in [-0.15, -0.1) is 0 Å². The standard InChI is InChI=1S/C9H14F2O4/c1-5(2)4-6(12)9(10,11)7(13)8(14)15-3/h5,7,13H,4H2,1-3H3. The summed E-state index contributed by atoms with van der Waals surface area (Å²) >= 11 is 0. The average molecular weight is 224 g/mol. The van der Waals surface area contributed by atoms with Gasteiger partial charge in [-0.25, -0.2) is 4.79 Å². The van der Waals surface area contributed by atoms with E-state index in [0.29, 0.717) is 0 Å². The molecule has 0 amide bonds. The lowest BCUT2D eigenvalue weighted by atomic mass is 9.99. The molecule has 1 unspecified atom stereocenters. The Morgan fingerprint density at radius 1 is 1.40 bits per heavy atom. The summed E-state index contributed by atoms with van der Waals surface area (Å²) < 4.78 is 30.1. The lowest BCUT2D eigenvalue weighted by molar-refractivity contribution is -0.181. The molecule has 1 atom stereocenters. The van der Waals surface area contributed by atoms with E-state index in [1.54, 1.807) is 13.8 Å². The van der Waals surface area contributed by atoms with Gasteiger partial charge in [-0.1, -0.05) is 13.8 Å². The predicted octanol–water partition coefficient (Wildman–Crippen LogP) is 0.771. The maximum Gasteiger partial charge on any atom is 0.341 e. The van der Waals surface area contributed by atoms with Crippen LogP contribution in [0.4, 0.5) is 8.78 Å². The second-order valence-corrected chi connectivity index (χ2v) is 3.57. The summed E-state index contributed by atoms with van der Waals surface area (Å²) in [4.78, 5) is 21.7. The number of carbonyl (C=O) groups is 2. The molecule has 0 aromatic rings. The zero-order chi connectivity index (χ0) is 12.2. The van der Waals surface area contributed by atoms with Crippen molar-refractivity contribution in [3.63, 3.8) is 0 Å². The number of alkyl halides is 2. The first kappa shape index (κ1) is 14.0. The van der Waals surface area contributed by atoms with Crippen molar-refractivity contribution in [1.29, 1.82) is 0 Å². The van der Waals surface area contributed by atoms with Crippen LogP contribution in [0, 0.1) is 5.92 Å². The van der Waals surface area contributed by atoms with Crippen LogP contribution in [0.5, 0.6) is 0 Å². The van der Waals surface area contributed by atoms with Crippen molar-refractivity contribution in [3.05, 3.63) is 0 Å². The highest BCUT2D eigenvalue weighted by Gasteiger charge is 2.50. The maximum absolute atomic E-state index is 13.1. The average Bonchev–Trinajstić information content (AvgIpc) is 2.14. The predicted molar refractivity (Wildman–Crippen MR) is 47.4 cm³/mol. The van der Waals surface area contributed by atoms with Gasteiger partial charge in [-0.3, -0.25) is 4.79 Å². The molecule has 0 aromatic heterocycles. The van der Waals surface area contributed by atoms with Gasteiger partial charge in [-0.05, 0) is 5.92 Å². The fourth-order valence-corrected chi connectivity index (χ4v) is 0.919. The second-order valence-electron chi connectivity index (χ2n) is 3.57. The SMILES string of the molecule is COC(=O)C(O)C(F)(F)C(=O)CC(C)C. The fraction of sp³-hybridized carbons (Fsp3) is 0.778. The summed E-state index contributed by atoms with van der Waals surface area (Å²) in [6, 6.07) is 0. The Hall–Kier alpha value is -1.04. The zero-order valence-corrected chi connectivity index (χ0v) is 8.79. The Kier molecular flexibility index (Phi) is 4.80. The van der Waals surface area contributed by atoms with Gasteiger partial charge in [0.1, 0.15) is 0 Å². The first-order valence-corrected chi connectivity index (χ1v) is 4.40. The minimum Gasteiger partial charge on any atom is -0.467 e. The number of carbonyl (C=O) groups excluding carboxylic acids is 2. The molecule has 0 aliphatic carbocycles. The van der Waals surface area contributed by atoms with E-state index in [1.165, 1.54) is 0 Å². The van der Waals surface area contributed by atoms with Gasteiger partial charge in [0.15, 0.2) is 0 Å². The molecule has 0 fully saturated rings. The van der Waals surface area contributed by atoms with Crippen molar-refractivity contribution in [2.24, 2.45) is 5.92 Å². The van der Waals surface area contributed by atoms with Crippen molar-refractivity contribution in [2.75, 3.05) is 7.11 Å². The summed E-state index contributed by atoms with van der Waals surface area (Å²) in [5.41, 5.74) is 0. The summed E-state index contributed by atoms with van der Waals surface area (Å²) in [6.07, 6.45) is -3.13. The Bertz CT molecular complexity index is 250. The maximum atomic E-state index is 13.1. The molecule has 0 aliphatic heterocycles. The molecule has 0 aliphatic rings. The fourth-order valence-electron chi connectivity index (χ4n) is 0.919. The number of aliphatic hydroxyl groups is 1. The zero-order valence-electron chi connectivity index (χ0n) is 8.79. The summed E-state index contributed by atoms with van der Waals surface area (Å²) in [5.74, 6) is -7.34. The van der Waals surface area contributed by atoms with E-state index < -0.39 is 30.2 Å². The second kappa shape index (κ2) is 5.16. The summed E-state index contributed by atoms with van der Waals surface area (Å²) in [5, 5.41) is 8.88. The van der Waals surface area contributed by atoms with Crippen LogP contribution < -0.4 is 0 Å². The minimum atomic E-state index is -4.09. The molecule has 1 N–H and O–H groups in total. The van der Waals surface area contributed by atoms with Crippen LogP contribution in [0.25, 0.3) is 0 Å². The number of halogens is 2. The van der Waals surface area contributed by atoms with Gasteiger partial charge in [0.2, 0.25) is 11.9 Å². The molecule has 15 heavy (non-hydrogen) atoms. The molecule has 0 bridgehead atoms. The molecule has 0 radical (unpaired) electrons. The van der Waals surface area contributed by atoms with E-state index in [9.17, 15) is 18.4 Å². The third-order valence-electron chi connectivity index (χ3n) is 1.73. The van der Waals surface area contributed by atoms with Crippen LogP contribution in [0.15, 0.2) is 0 Å². The van der Waals surface area contributed by atoms with E-state index >= 15 is 0 Å². The molecular weight excluding hydrogens is 210 g/mol. The number of aliphatic hydroxyl groups excluding tert-OH is 1. The van der Waals surface area contributed by atoms with Gasteiger partial charge in [-0.2, -0.15) is 8.78 Å². The third-order valence-corrected chi connectivity index (χ3v) is 1.73. The third kappa shape index (κ3) is 3.54. The van der Waals surface area contributed by atoms with Gasteiger partial charge in [0.25, 0.3) is 0 Å². The molecule has 0 heterocycles. The van der Waals surface area contributed by atoms with Crippen LogP contribution in [-0.2, 0) is 14.3 Å². The largest absolute Gasteiger partial charge is 0.467 e. The van der Waals surface area contributed by atoms with E-state index in [0.717, 1.165) is 7.11 Å². The minimum absolute atomic E-state index is 0.270. The molecule has 4 nitrogen and oxygen atoms in total.